The molecule has 1 amide bonds. The number of amides is 1. The zero-order valence-corrected chi connectivity index (χ0v) is 10.2. The molecule has 3 N–H and O–H groups in total. The van der Waals surface area contributed by atoms with E-state index in [1.807, 2.05) is 25.1 Å². The van der Waals surface area contributed by atoms with E-state index in [1.54, 1.807) is 11.9 Å². The molecule has 0 fully saturated rings. The van der Waals surface area contributed by atoms with Crippen molar-refractivity contribution in [2.45, 2.75) is 18.8 Å². The van der Waals surface area contributed by atoms with E-state index in [4.69, 9.17) is 5.73 Å². The molecule has 92 valence electrons. The van der Waals surface area contributed by atoms with Crippen molar-refractivity contribution in [3.8, 4) is 0 Å². The van der Waals surface area contributed by atoms with Crippen LogP contribution in [0.25, 0.3) is 0 Å². The second-order valence-electron chi connectivity index (χ2n) is 4.90. The third-order valence-corrected chi connectivity index (χ3v) is 3.65. The largest absolute Gasteiger partial charge is 0.395 e. The van der Waals surface area contributed by atoms with Crippen LogP contribution >= 0.6 is 0 Å². The Morgan fingerprint density at radius 3 is 2.82 bits per heavy atom. The maximum absolute atomic E-state index is 11.6. The van der Waals surface area contributed by atoms with Gasteiger partial charge in [-0.2, -0.15) is 0 Å². The molecule has 4 heteroatoms. The number of aliphatic hydroxyl groups excluding tert-OH is 1. The number of nitrogens with two attached hydrogens (primary N) is 1. The van der Waals surface area contributed by atoms with E-state index in [0.717, 1.165) is 16.8 Å². The first-order chi connectivity index (χ1) is 8.01. The molecule has 1 aromatic carbocycles. The van der Waals surface area contributed by atoms with Crippen LogP contribution in [0.2, 0.25) is 0 Å². The third-order valence-electron chi connectivity index (χ3n) is 3.65. The number of nitrogens with zero attached hydrogens (tertiary/aromatic N) is 1. The monoisotopic (exact) mass is 234 g/mol. The Kier molecular flexibility index (Phi) is 2.93. The van der Waals surface area contributed by atoms with Crippen LogP contribution in [-0.2, 0) is 16.6 Å². The molecule has 0 saturated carbocycles. The zero-order chi connectivity index (χ0) is 12.6. The first kappa shape index (κ1) is 12.1. The number of rotatable bonds is 3. The number of carbonyl (C=O) groups excluding carboxylic acids is 1. The van der Waals surface area contributed by atoms with Gasteiger partial charge in [-0.05, 0) is 17.2 Å². The Morgan fingerprint density at radius 1 is 1.53 bits per heavy atom. The summed E-state index contributed by atoms with van der Waals surface area (Å²) >= 11 is 0. The van der Waals surface area contributed by atoms with Crippen LogP contribution in [0.3, 0.4) is 0 Å². The Hall–Kier alpha value is -1.39. The molecule has 0 aliphatic carbocycles. The van der Waals surface area contributed by atoms with E-state index in [1.165, 1.54) is 0 Å². The molecule has 0 spiro atoms. The van der Waals surface area contributed by atoms with Crippen molar-refractivity contribution < 1.29 is 9.90 Å². The lowest BCUT2D eigenvalue weighted by Crippen LogP contribution is -2.35. The van der Waals surface area contributed by atoms with Gasteiger partial charge in [-0.1, -0.05) is 19.1 Å². The van der Waals surface area contributed by atoms with E-state index in [2.05, 4.69) is 0 Å². The van der Waals surface area contributed by atoms with Gasteiger partial charge in [-0.25, -0.2) is 0 Å². The lowest BCUT2D eigenvalue weighted by atomic mass is 9.82. The van der Waals surface area contributed by atoms with Crippen molar-refractivity contribution >= 4 is 11.6 Å². The van der Waals surface area contributed by atoms with Gasteiger partial charge in [0.05, 0.1) is 13.0 Å². The van der Waals surface area contributed by atoms with Gasteiger partial charge in [0.1, 0.15) is 0 Å². The van der Waals surface area contributed by atoms with Crippen molar-refractivity contribution in [2.75, 3.05) is 25.1 Å². The molecule has 0 radical (unpaired) electrons. The van der Waals surface area contributed by atoms with Gasteiger partial charge in [0, 0.05) is 24.7 Å². The average Bonchev–Trinajstić information content (AvgIpc) is 2.63. The number of benzene rings is 1. The molecule has 0 bridgehead atoms. The summed E-state index contributed by atoms with van der Waals surface area (Å²) in [4.78, 5) is 13.2. The molecule has 1 aromatic rings. The van der Waals surface area contributed by atoms with E-state index in [0.29, 0.717) is 13.0 Å². The average molecular weight is 234 g/mol. The second-order valence-corrected chi connectivity index (χ2v) is 4.90. The number of aliphatic hydroxyl groups is 1. The van der Waals surface area contributed by atoms with Crippen LogP contribution in [0.4, 0.5) is 5.69 Å². The first-order valence-corrected chi connectivity index (χ1v) is 5.73. The van der Waals surface area contributed by atoms with Crippen molar-refractivity contribution in [1.82, 2.24) is 0 Å². The van der Waals surface area contributed by atoms with Gasteiger partial charge in [-0.15, -0.1) is 0 Å². The van der Waals surface area contributed by atoms with Crippen LogP contribution in [-0.4, -0.2) is 31.2 Å². The molecule has 4 nitrogen and oxygen atoms in total. The van der Waals surface area contributed by atoms with Crippen molar-refractivity contribution in [1.29, 1.82) is 0 Å². The molecule has 0 saturated heterocycles. The van der Waals surface area contributed by atoms with E-state index >= 15 is 0 Å². The summed E-state index contributed by atoms with van der Waals surface area (Å²) in [6.07, 6.45) is 0.436. The summed E-state index contributed by atoms with van der Waals surface area (Å²) in [6.45, 7) is 2.31. The highest BCUT2D eigenvalue weighted by molar-refractivity contribution is 6.00. The smallest absolute Gasteiger partial charge is 0.231 e. The van der Waals surface area contributed by atoms with Gasteiger partial charge in [0.2, 0.25) is 5.91 Å². The highest BCUT2D eigenvalue weighted by Gasteiger charge is 2.29. The summed E-state index contributed by atoms with van der Waals surface area (Å²) < 4.78 is 0. The van der Waals surface area contributed by atoms with Gasteiger partial charge in [0.15, 0.2) is 0 Å². The maximum Gasteiger partial charge on any atom is 0.231 e. The number of carbonyl (C=O) groups is 1. The van der Waals surface area contributed by atoms with E-state index < -0.39 is 5.41 Å². The van der Waals surface area contributed by atoms with Gasteiger partial charge < -0.3 is 15.7 Å². The minimum absolute atomic E-state index is 0.00602. The molecular weight excluding hydrogens is 216 g/mol. The Balaban J connectivity index is 2.43. The van der Waals surface area contributed by atoms with Crippen molar-refractivity contribution in [3.05, 3.63) is 29.3 Å². The fourth-order valence-electron chi connectivity index (χ4n) is 2.12. The fourth-order valence-corrected chi connectivity index (χ4v) is 2.12. The molecular formula is C13H18N2O2. The molecule has 1 aliphatic heterocycles. The van der Waals surface area contributed by atoms with Crippen LogP contribution in [0.15, 0.2) is 18.2 Å². The SMILES string of the molecule is CN1C(=O)Cc2cc(C(C)(CN)CO)ccc21. The predicted molar refractivity (Wildman–Crippen MR) is 67.0 cm³/mol. The maximum atomic E-state index is 11.6. The number of likely N-dealkylation sites (N-methyl/N-ethyl adjacent to an activating group) is 1. The minimum atomic E-state index is -0.431. The molecule has 1 atom stereocenters. The number of hydrogen-bond acceptors (Lipinski definition) is 3. The number of anilines is 1. The van der Waals surface area contributed by atoms with Gasteiger partial charge in [-0.3, -0.25) is 4.79 Å². The number of fused-ring (bicyclic) bond motifs is 1. The summed E-state index contributed by atoms with van der Waals surface area (Å²) in [5.74, 6) is 0.107. The molecule has 2 rings (SSSR count). The van der Waals surface area contributed by atoms with Crippen LogP contribution in [0.1, 0.15) is 18.1 Å². The summed E-state index contributed by atoms with van der Waals surface area (Å²) in [5.41, 5.74) is 8.24. The molecule has 17 heavy (non-hydrogen) atoms. The van der Waals surface area contributed by atoms with Gasteiger partial charge >= 0.3 is 0 Å². The van der Waals surface area contributed by atoms with E-state index in [9.17, 15) is 9.90 Å². The highest BCUT2D eigenvalue weighted by atomic mass is 16.3. The Morgan fingerprint density at radius 2 is 2.24 bits per heavy atom. The van der Waals surface area contributed by atoms with Gasteiger partial charge in [0.25, 0.3) is 0 Å². The van der Waals surface area contributed by atoms with Crippen molar-refractivity contribution in [2.24, 2.45) is 5.73 Å². The van der Waals surface area contributed by atoms with Crippen molar-refractivity contribution in [3.63, 3.8) is 0 Å². The first-order valence-electron chi connectivity index (χ1n) is 5.73. The molecule has 1 aliphatic rings. The fraction of sp³-hybridized carbons (Fsp3) is 0.462. The topological polar surface area (TPSA) is 66.6 Å². The predicted octanol–water partition coefficient (Wildman–Crippen LogP) is 0.414. The highest BCUT2D eigenvalue weighted by Crippen LogP contribution is 2.32. The second kappa shape index (κ2) is 4.13. The lowest BCUT2D eigenvalue weighted by molar-refractivity contribution is -0.117. The Bertz CT molecular complexity index is 453. The molecule has 1 heterocycles. The summed E-state index contributed by atoms with van der Waals surface area (Å²) in [5, 5.41) is 9.43. The van der Waals surface area contributed by atoms with Crippen LogP contribution in [0, 0.1) is 0 Å². The van der Waals surface area contributed by atoms with E-state index in [-0.39, 0.29) is 12.5 Å². The standard InChI is InChI=1S/C13H18N2O2/c1-13(7-14,8-16)10-3-4-11-9(5-10)6-12(17)15(11)2/h3-5,16H,6-8,14H2,1-2H3. The quantitative estimate of drug-likeness (QED) is 0.796. The molecule has 1 unspecified atom stereocenters. The third kappa shape index (κ3) is 1.83. The van der Waals surface area contributed by atoms with Crippen LogP contribution in [0.5, 0.6) is 0 Å². The zero-order valence-electron chi connectivity index (χ0n) is 10.2. The lowest BCUT2D eigenvalue weighted by Gasteiger charge is -2.26. The normalized spacial score (nSPS) is 18.1. The van der Waals surface area contributed by atoms with Crippen LogP contribution < -0.4 is 10.6 Å². The number of hydrogen-bond donors (Lipinski definition) is 2. The minimum Gasteiger partial charge on any atom is -0.395 e. The molecule has 0 aromatic heterocycles. The summed E-state index contributed by atoms with van der Waals surface area (Å²) in [6, 6.07) is 5.86. The summed E-state index contributed by atoms with van der Waals surface area (Å²) in [7, 11) is 1.78. The Labute approximate surface area is 101 Å².